The molecule has 3 rings (SSSR count). The first kappa shape index (κ1) is 14.2. The lowest BCUT2D eigenvalue weighted by molar-refractivity contribution is -0.384. The second kappa shape index (κ2) is 5.95. The summed E-state index contributed by atoms with van der Waals surface area (Å²) in [5.41, 5.74) is 1.50. The molecule has 22 heavy (non-hydrogen) atoms. The van der Waals surface area contributed by atoms with Crippen LogP contribution in [0.3, 0.4) is 0 Å². The summed E-state index contributed by atoms with van der Waals surface area (Å²) in [6.45, 7) is 0. The van der Waals surface area contributed by atoms with Crippen molar-refractivity contribution in [1.29, 1.82) is 0 Å². The lowest BCUT2D eigenvalue weighted by Crippen LogP contribution is -1.91. The maximum Gasteiger partial charge on any atom is 0.270 e. The van der Waals surface area contributed by atoms with Crippen LogP contribution in [0.2, 0.25) is 5.02 Å². The van der Waals surface area contributed by atoms with E-state index in [0.717, 1.165) is 5.56 Å². The molecule has 0 atom stereocenters. The summed E-state index contributed by atoms with van der Waals surface area (Å²) in [4.78, 5) is 14.6. The topological polar surface area (TPSA) is 82.1 Å². The minimum absolute atomic E-state index is 0.0186. The van der Waals surface area contributed by atoms with Gasteiger partial charge in [-0.1, -0.05) is 35.0 Å². The number of aromatic nitrogens is 2. The number of benzene rings is 2. The summed E-state index contributed by atoms with van der Waals surface area (Å²) in [7, 11) is 0. The fourth-order valence-corrected chi connectivity index (χ4v) is 2.11. The van der Waals surface area contributed by atoms with Crippen molar-refractivity contribution in [2.45, 2.75) is 6.42 Å². The second-order valence-corrected chi connectivity index (χ2v) is 5.06. The number of rotatable bonds is 4. The quantitative estimate of drug-likeness (QED) is 0.539. The number of non-ortho nitro benzene ring substituents is 1. The monoisotopic (exact) mass is 315 g/mol. The molecule has 0 amide bonds. The van der Waals surface area contributed by atoms with Crippen LogP contribution in [0.15, 0.2) is 53.1 Å². The van der Waals surface area contributed by atoms with Gasteiger partial charge in [-0.05, 0) is 23.8 Å². The maximum atomic E-state index is 10.8. The summed E-state index contributed by atoms with van der Waals surface area (Å²) in [5.74, 6) is 0.761. The Bertz CT molecular complexity index is 815. The van der Waals surface area contributed by atoms with E-state index in [1.807, 2.05) is 12.1 Å². The summed E-state index contributed by atoms with van der Waals surface area (Å²) in [6, 6.07) is 13.4. The normalized spacial score (nSPS) is 10.6. The fraction of sp³-hybridized carbons (Fsp3) is 0.0667. The molecule has 0 saturated carbocycles. The largest absolute Gasteiger partial charge is 0.334 e. The van der Waals surface area contributed by atoms with E-state index in [2.05, 4.69) is 10.1 Å². The molecule has 0 radical (unpaired) electrons. The van der Waals surface area contributed by atoms with Crippen molar-refractivity contribution < 1.29 is 9.45 Å². The predicted molar refractivity (Wildman–Crippen MR) is 80.6 cm³/mol. The van der Waals surface area contributed by atoms with Gasteiger partial charge >= 0.3 is 0 Å². The van der Waals surface area contributed by atoms with Crippen molar-refractivity contribution in [3.05, 3.63) is 75.1 Å². The molecule has 0 saturated heterocycles. The summed E-state index contributed by atoms with van der Waals surface area (Å²) in [5, 5.41) is 15.3. The van der Waals surface area contributed by atoms with Gasteiger partial charge in [-0.15, -0.1) is 0 Å². The Labute approximate surface area is 130 Å². The molecule has 0 spiro atoms. The highest BCUT2D eigenvalue weighted by Gasteiger charge is 2.13. The molecule has 110 valence electrons. The molecule has 1 heterocycles. The molecule has 0 aliphatic carbocycles. The number of hydrogen-bond acceptors (Lipinski definition) is 5. The molecule has 7 heteroatoms. The van der Waals surface area contributed by atoms with E-state index in [9.17, 15) is 10.1 Å². The van der Waals surface area contributed by atoms with Crippen molar-refractivity contribution in [2.24, 2.45) is 0 Å². The van der Waals surface area contributed by atoms with Crippen molar-refractivity contribution in [2.75, 3.05) is 0 Å². The third kappa shape index (κ3) is 3.12. The Morgan fingerprint density at radius 1 is 1.18 bits per heavy atom. The summed E-state index contributed by atoms with van der Waals surface area (Å²) >= 11 is 5.83. The van der Waals surface area contributed by atoms with E-state index in [1.165, 1.54) is 12.1 Å². The van der Waals surface area contributed by atoms with Crippen LogP contribution in [0.4, 0.5) is 5.69 Å². The van der Waals surface area contributed by atoms with E-state index in [-0.39, 0.29) is 11.6 Å². The van der Waals surface area contributed by atoms with Crippen LogP contribution < -0.4 is 0 Å². The highest BCUT2D eigenvalue weighted by molar-refractivity contribution is 6.30. The third-order valence-electron chi connectivity index (χ3n) is 3.05. The predicted octanol–water partition coefficient (Wildman–Crippen LogP) is 3.89. The first-order valence-corrected chi connectivity index (χ1v) is 6.81. The molecule has 0 fully saturated rings. The number of nitro groups is 1. The highest BCUT2D eigenvalue weighted by Crippen LogP contribution is 2.23. The van der Waals surface area contributed by atoms with E-state index in [4.69, 9.17) is 16.1 Å². The van der Waals surface area contributed by atoms with Gasteiger partial charge in [-0.3, -0.25) is 10.1 Å². The molecule has 0 bridgehead atoms. The minimum Gasteiger partial charge on any atom is -0.334 e. The summed E-state index contributed by atoms with van der Waals surface area (Å²) < 4.78 is 5.17. The van der Waals surface area contributed by atoms with E-state index >= 15 is 0 Å². The van der Waals surface area contributed by atoms with Crippen LogP contribution in [0.5, 0.6) is 0 Å². The Hall–Kier alpha value is -2.73. The van der Waals surface area contributed by atoms with Crippen LogP contribution in [0.25, 0.3) is 11.5 Å². The first-order chi connectivity index (χ1) is 10.6. The van der Waals surface area contributed by atoms with E-state index in [1.54, 1.807) is 24.3 Å². The number of halogens is 1. The van der Waals surface area contributed by atoms with Gasteiger partial charge in [0.15, 0.2) is 5.82 Å². The molecule has 6 nitrogen and oxygen atoms in total. The third-order valence-corrected chi connectivity index (χ3v) is 3.30. The average Bonchev–Trinajstić information content (AvgIpc) is 2.98. The SMILES string of the molecule is O=[N+]([O-])c1cccc(-c2nc(Cc3ccc(Cl)cc3)no2)c1. The molecule has 0 unspecified atom stereocenters. The standard InChI is InChI=1S/C15H10ClN3O3/c16-12-6-4-10(5-7-12)8-14-17-15(22-18-14)11-2-1-3-13(9-11)19(20)21/h1-7,9H,8H2. The van der Waals surface area contributed by atoms with Gasteiger partial charge < -0.3 is 4.52 Å². The maximum absolute atomic E-state index is 10.8. The zero-order valence-electron chi connectivity index (χ0n) is 11.3. The van der Waals surface area contributed by atoms with Crippen LogP contribution in [0, 0.1) is 10.1 Å². The molecular weight excluding hydrogens is 306 g/mol. The Morgan fingerprint density at radius 3 is 2.68 bits per heavy atom. The lowest BCUT2D eigenvalue weighted by Gasteiger charge is -1.96. The van der Waals surface area contributed by atoms with Gasteiger partial charge in [0.2, 0.25) is 0 Å². The zero-order valence-corrected chi connectivity index (χ0v) is 12.0. The molecule has 0 aliphatic heterocycles. The fourth-order valence-electron chi connectivity index (χ4n) is 1.98. The number of hydrogen-bond donors (Lipinski definition) is 0. The Morgan fingerprint density at radius 2 is 1.95 bits per heavy atom. The first-order valence-electron chi connectivity index (χ1n) is 6.44. The minimum atomic E-state index is -0.464. The van der Waals surface area contributed by atoms with E-state index < -0.39 is 4.92 Å². The van der Waals surface area contributed by atoms with Crippen LogP contribution in [-0.2, 0) is 6.42 Å². The van der Waals surface area contributed by atoms with Gasteiger partial charge in [-0.2, -0.15) is 4.98 Å². The second-order valence-electron chi connectivity index (χ2n) is 4.63. The highest BCUT2D eigenvalue weighted by atomic mass is 35.5. The van der Waals surface area contributed by atoms with Crippen LogP contribution in [0.1, 0.15) is 11.4 Å². The van der Waals surface area contributed by atoms with Crippen LogP contribution in [-0.4, -0.2) is 15.1 Å². The van der Waals surface area contributed by atoms with Crippen molar-refractivity contribution in [1.82, 2.24) is 10.1 Å². The smallest absolute Gasteiger partial charge is 0.270 e. The van der Waals surface area contributed by atoms with Gasteiger partial charge in [0.25, 0.3) is 11.6 Å². The molecule has 1 aromatic heterocycles. The van der Waals surface area contributed by atoms with Crippen LogP contribution >= 0.6 is 11.6 Å². The molecule has 0 aliphatic rings. The summed E-state index contributed by atoms with van der Waals surface area (Å²) in [6.07, 6.45) is 0.496. The van der Waals surface area contributed by atoms with Gasteiger partial charge in [0.05, 0.1) is 4.92 Å². The average molecular weight is 316 g/mol. The number of nitro benzene ring substituents is 1. The van der Waals surface area contributed by atoms with Crippen molar-refractivity contribution in [3.63, 3.8) is 0 Å². The molecule has 3 aromatic rings. The Kier molecular flexibility index (Phi) is 3.84. The molecule has 2 aromatic carbocycles. The Balaban J connectivity index is 1.83. The van der Waals surface area contributed by atoms with Gasteiger partial charge in [0, 0.05) is 29.1 Å². The van der Waals surface area contributed by atoms with Crippen molar-refractivity contribution in [3.8, 4) is 11.5 Å². The van der Waals surface area contributed by atoms with Gasteiger partial charge in [-0.25, -0.2) is 0 Å². The molecule has 0 N–H and O–H groups in total. The van der Waals surface area contributed by atoms with Gasteiger partial charge in [0.1, 0.15) is 0 Å². The lowest BCUT2D eigenvalue weighted by atomic mass is 10.1. The van der Waals surface area contributed by atoms with Crippen molar-refractivity contribution >= 4 is 17.3 Å². The zero-order chi connectivity index (χ0) is 15.5. The van der Waals surface area contributed by atoms with E-state index in [0.29, 0.717) is 22.8 Å². The number of nitrogens with zero attached hydrogens (tertiary/aromatic N) is 3. The molecular formula is C15H10ClN3O3.